The number of carbonyl (C=O) groups excluding carboxylic acids is 1. The zero-order chi connectivity index (χ0) is 27.4. The molecule has 3 aromatic rings. The van der Waals surface area contributed by atoms with Gasteiger partial charge in [0.15, 0.2) is 11.6 Å². The van der Waals surface area contributed by atoms with Crippen molar-refractivity contribution >= 4 is 61.5 Å². The van der Waals surface area contributed by atoms with E-state index in [0.29, 0.717) is 17.2 Å². The molecule has 38 heavy (non-hydrogen) atoms. The van der Waals surface area contributed by atoms with Gasteiger partial charge >= 0.3 is 0 Å². The van der Waals surface area contributed by atoms with Crippen LogP contribution >= 0.6 is 34.2 Å². The summed E-state index contributed by atoms with van der Waals surface area (Å²) in [4.78, 5) is 17.1. The molecule has 1 aliphatic rings. The molecule has 1 amide bonds. The number of rotatable bonds is 11. The number of amides is 1. The number of hydroxylamine groups is 1. The Labute approximate surface area is 237 Å². The molecule has 0 aliphatic heterocycles. The van der Waals surface area contributed by atoms with Crippen LogP contribution in [0.15, 0.2) is 53.4 Å². The third kappa shape index (κ3) is 6.91. The van der Waals surface area contributed by atoms with Crippen LogP contribution < -0.4 is 20.3 Å². The number of sulfonamides is 1. The minimum Gasteiger partial charge on any atom is -0.497 e. The Morgan fingerprint density at radius 2 is 1.82 bits per heavy atom. The molecule has 1 aliphatic carbocycles. The number of anilines is 2. The van der Waals surface area contributed by atoms with E-state index >= 15 is 8.78 Å². The van der Waals surface area contributed by atoms with Crippen LogP contribution in [0.4, 0.5) is 20.2 Å². The molecule has 0 spiro atoms. The highest BCUT2D eigenvalue weighted by Gasteiger charge is 2.30. The molecular weight excluding hydrogens is 655 g/mol. The third-order valence-corrected chi connectivity index (χ3v) is 8.09. The minimum absolute atomic E-state index is 0.186. The SMILES string of the molecule is COc1ccc(CNS(=O)(=O)c2cc(C(=O)NOCC3CC3)c(Nc3ccc(I)cc3Cl)c(F)c2F)cc1. The van der Waals surface area contributed by atoms with Crippen molar-refractivity contribution in [1.82, 2.24) is 10.2 Å². The molecule has 0 heterocycles. The van der Waals surface area contributed by atoms with Gasteiger partial charge in [-0.25, -0.2) is 27.4 Å². The molecule has 0 saturated heterocycles. The Hall–Kier alpha value is -2.52. The first-order valence-corrected chi connectivity index (χ1v) is 14.3. The summed E-state index contributed by atoms with van der Waals surface area (Å²) in [6.07, 6.45) is 1.92. The largest absolute Gasteiger partial charge is 0.497 e. The second kappa shape index (κ2) is 12.1. The quantitative estimate of drug-likeness (QED) is 0.182. The summed E-state index contributed by atoms with van der Waals surface area (Å²) in [5.41, 5.74) is 1.84. The number of hydrogen-bond acceptors (Lipinski definition) is 6. The van der Waals surface area contributed by atoms with Gasteiger partial charge in [0, 0.05) is 10.1 Å². The summed E-state index contributed by atoms with van der Waals surface area (Å²) < 4.78 is 64.7. The number of nitrogens with one attached hydrogen (secondary N) is 3. The summed E-state index contributed by atoms with van der Waals surface area (Å²) >= 11 is 8.26. The third-order valence-electron chi connectivity index (χ3n) is 5.70. The highest BCUT2D eigenvalue weighted by atomic mass is 127. The second-order valence-electron chi connectivity index (χ2n) is 8.53. The molecular formula is C25H23ClF2IN3O5S. The molecule has 0 bridgehead atoms. The Morgan fingerprint density at radius 3 is 2.45 bits per heavy atom. The minimum atomic E-state index is -4.58. The standard InChI is InChI=1S/C25H23ClF2IN3O5S/c1-36-17-7-4-14(5-8-17)12-30-38(34,35)21-11-18(25(33)32-37-13-15-2-3-15)24(23(28)22(21)27)31-20-9-6-16(29)10-19(20)26/h4-11,15,30-31H,2-3,12-13H2,1H3,(H,32,33). The fraction of sp³-hybridized carbons (Fsp3) is 0.240. The van der Waals surface area contributed by atoms with Crippen molar-refractivity contribution in [3.05, 3.63) is 79.9 Å². The van der Waals surface area contributed by atoms with Crippen molar-refractivity contribution in [3.63, 3.8) is 0 Å². The van der Waals surface area contributed by atoms with E-state index in [1.165, 1.54) is 13.2 Å². The lowest BCUT2D eigenvalue weighted by Crippen LogP contribution is -2.28. The first-order valence-electron chi connectivity index (χ1n) is 11.4. The average Bonchev–Trinajstić information content (AvgIpc) is 3.71. The Bertz CT molecular complexity index is 1450. The van der Waals surface area contributed by atoms with Crippen LogP contribution in [0.2, 0.25) is 5.02 Å². The molecule has 3 aromatic carbocycles. The summed E-state index contributed by atoms with van der Waals surface area (Å²) in [7, 11) is -3.09. The van der Waals surface area contributed by atoms with E-state index in [1.807, 2.05) is 22.6 Å². The maximum Gasteiger partial charge on any atom is 0.277 e. The van der Waals surface area contributed by atoms with Crippen molar-refractivity contribution in [2.75, 3.05) is 19.0 Å². The molecule has 0 aromatic heterocycles. The summed E-state index contributed by atoms with van der Waals surface area (Å²) in [6, 6.07) is 12.0. The highest BCUT2D eigenvalue weighted by Crippen LogP contribution is 2.34. The maximum atomic E-state index is 15.4. The van der Waals surface area contributed by atoms with Crippen molar-refractivity contribution < 1.29 is 31.6 Å². The fourth-order valence-electron chi connectivity index (χ4n) is 3.39. The van der Waals surface area contributed by atoms with Gasteiger partial charge in [-0.1, -0.05) is 23.7 Å². The van der Waals surface area contributed by atoms with E-state index < -0.39 is 43.7 Å². The van der Waals surface area contributed by atoms with Crippen LogP contribution in [0.25, 0.3) is 0 Å². The van der Waals surface area contributed by atoms with E-state index in [9.17, 15) is 13.2 Å². The van der Waals surface area contributed by atoms with Gasteiger partial charge in [0.25, 0.3) is 5.91 Å². The van der Waals surface area contributed by atoms with E-state index in [2.05, 4.69) is 15.5 Å². The van der Waals surface area contributed by atoms with Gasteiger partial charge in [-0.15, -0.1) is 0 Å². The normalized spacial score (nSPS) is 13.3. The lowest BCUT2D eigenvalue weighted by molar-refractivity contribution is 0.0270. The van der Waals surface area contributed by atoms with E-state index in [0.717, 1.165) is 22.5 Å². The van der Waals surface area contributed by atoms with Gasteiger partial charge in [0.05, 0.1) is 35.7 Å². The number of benzene rings is 3. The molecule has 8 nitrogen and oxygen atoms in total. The predicted octanol–water partition coefficient (Wildman–Crippen LogP) is 5.52. The number of methoxy groups -OCH3 is 1. The number of hydrogen-bond donors (Lipinski definition) is 3. The van der Waals surface area contributed by atoms with Gasteiger partial charge in [0.2, 0.25) is 10.0 Å². The molecule has 1 fully saturated rings. The fourth-order valence-corrected chi connectivity index (χ4v) is 5.40. The lowest BCUT2D eigenvalue weighted by atomic mass is 10.1. The van der Waals surface area contributed by atoms with E-state index in [4.69, 9.17) is 21.2 Å². The van der Waals surface area contributed by atoms with Gasteiger partial charge in [-0.2, -0.15) is 0 Å². The Morgan fingerprint density at radius 1 is 1.11 bits per heavy atom. The molecule has 0 unspecified atom stereocenters. The van der Waals surface area contributed by atoms with Crippen LogP contribution in [0.5, 0.6) is 5.75 Å². The first-order chi connectivity index (χ1) is 18.1. The van der Waals surface area contributed by atoms with E-state index in [1.54, 1.807) is 36.4 Å². The smallest absolute Gasteiger partial charge is 0.277 e. The van der Waals surface area contributed by atoms with Crippen LogP contribution in [-0.2, 0) is 21.4 Å². The van der Waals surface area contributed by atoms with Crippen molar-refractivity contribution in [1.29, 1.82) is 0 Å². The second-order valence-corrected chi connectivity index (χ2v) is 11.9. The Kier molecular flexibility index (Phi) is 9.08. The van der Waals surface area contributed by atoms with Crippen LogP contribution in [0.3, 0.4) is 0 Å². The van der Waals surface area contributed by atoms with Gasteiger partial charge in [0.1, 0.15) is 10.6 Å². The lowest BCUT2D eigenvalue weighted by Gasteiger charge is -2.17. The summed E-state index contributed by atoms with van der Waals surface area (Å²) in [6.45, 7) is 0.0351. The molecule has 1 saturated carbocycles. The van der Waals surface area contributed by atoms with Crippen LogP contribution in [0, 0.1) is 21.1 Å². The number of carbonyl (C=O) groups is 1. The zero-order valence-corrected chi connectivity index (χ0v) is 23.7. The van der Waals surface area contributed by atoms with Crippen LogP contribution in [-0.4, -0.2) is 28.0 Å². The number of ether oxygens (including phenoxy) is 1. The molecule has 4 rings (SSSR count). The van der Waals surface area contributed by atoms with E-state index in [-0.39, 0.29) is 23.9 Å². The average molecular weight is 678 g/mol. The van der Waals surface area contributed by atoms with Crippen molar-refractivity contribution in [2.24, 2.45) is 5.92 Å². The monoisotopic (exact) mass is 677 g/mol. The first kappa shape index (κ1) is 28.5. The summed E-state index contributed by atoms with van der Waals surface area (Å²) in [5, 5.41) is 2.81. The molecule has 3 N–H and O–H groups in total. The molecule has 0 radical (unpaired) electrons. The summed E-state index contributed by atoms with van der Waals surface area (Å²) in [5.74, 6) is -3.31. The topological polar surface area (TPSA) is 106 Å². The molecule has 0 atom stereocenters. The molecule has 13 heteroatoms. The highest BCUT2D eigenvalue weighted by molar-refractivity contribution is 14.1. The number of halogens is 4. The Balaban J connectivity index is 1.67. The van der Waals surface area contributed by atoms with Gasteiger partial charge in [-0.3, -0.25) is 9.63 Å². The maximum absolute atomic E-state index is 15.4. The van der Waals surface area contributed by atoms with Gasteiger partial charge in [-0.05, 0) is 83.3 Å². The predicted molar refractivity (Wildman–Crippen MR) is 147 cm³/mol. The zero-order valence-electron chi connectivity index (χ0n) is 20.0. The van der Waals surface area contributed by atoms with Crippen LogP contribution in [0.1, 0.15) is 28.8 Å². The van der Waals surface area contributed by atoms with Crippen molar-refractivity contribution in [2.45, 2.75) is 24.3 Å². The molecule has 202 valence electrons. The van der Waals surface area contributed by atoms with Gasteiger partial charge < -0.3 is 10.1 Å². The van der Waals surface area contributed by atoms with Crippen molar-refractivity contribution in [3.8, 4) is 5.75 Å².